The predicted octanol–water partition coefficient (Wildman–Crippen LogP) is 2.94. The summed E-state index contributed by atoms with van der Waals surface area (Å²) < 4.78 is 0. The predicted molar refractivity (Wildman–Crippen MR) is 90.3 cm³/mol. The van der Waals surface area contributed by atoms with Crippen LogP contribution in [0.2, 0.25) is 0 Å². The maximum Gasteiger partial charge on any atom is 0.254 e. The van der Waals surface area contributed by atoms with Gasteiger partial charge in [0.05, 0.1) is 0 Å². The highest BCUT2D eigenvalue weighted by molar-refractivity contribution is 7.13. The van der Waals surface area contributed by atoms with E-state index in [1.54, 1.807) is 11.3 Å². The third-order valence-corrected chi connectivity index (χ3v) is 5.06. The zero-order valence-corrected chi connectivity index (χ0v) is 13.8. The number of benzene rings is 1. The molecule has 0 spiro atoms. The molecule has 2 heterocycles. The van der Waals surface area contributed by atoms with Crippen molar-refractivity contribution in [3.63, 3.8) is 0 Å². The average molecular weight is 315 g/mol. The Bertz CT molecular complexity index is 667. The lowest BCUT2D eigenvalue weighted by Crippen LogP contribution is -2.40. The fourth-order valence-electron chi connectivity index (χ4n) is 2.99. The number of nitrogens with one attached hydrogen (secondary N) is 1. The van der Waals surface area contributed by atoms with Crippen LogP contribution in [0, 0.1) is 6.92 Å². The van der Waals surface area contributed by atoms with Crippen molar-refractivity contribution in [2.75, 3.05) is 20.1 Å². The van der Waals surface area contributed by atoms with Gasteiger partial charge in [0, 0.05) is 41.3 Å². The van der Waals surface area contributed by atoms with Crippen molar-refractivity contribution in [3.8, 4) is 10.6 Å². The van der Waals surface area contributed by atoms with Crippen LogP contribution < -0.4 is 5.32 Å². The monoisotopic (exact) mass is 315 g/mol. The number of aryl methyl sites for hydroxylation is 1. The highest BCUT2D eigenvalue weighted by atomic mass is 32.1. The molecule has 22 heavy (non-hydrogen) atoms. The van der Waals surface area contributed by atoms with Gasteiger partial charge in [0.1, 0.15) is 5.01 Å². The minimum atomic E-state index is 0.132. The number of likely N-dealkylation sites (N-methyl/N-ethyl adjacent to an activating group) is 1. The summed E-state index contributed by atoms with van der Waals surface area (Å²) in [6.07, 6.45) is 2.17. The van der Waals surface area contributed by atoms with Crippen molar-refractivity contribution in [3.05, 3.63) is 40.9 Å². The number of carbonyl (C=O) groups excluding carboxylic acids is 1. The first kappa shape index (κ1) is 15.2. The van der Waals surface area contributed by atoms with Crippen molar-refractivity contribution in [2.24, 2.45) is 0 Å². The van der Waals surface area contributed by atoms with Crippen molar-refractivity contribution >= 4 is 17.2 Å². The van der Waals surface area contributed by atoms with E-state index in [1.807, 2.05) is 48.5 Å². The van der Waals surface area contributed by atoms with Crippen molar-refractivity contribution in [2.45, 2.75) is 25.8 Å². The molecule has 1 N–H and O–H groups in total. The van der Waals surface area contributed by atoms with Gasteiger partial charge in [0.15, 0.2) is 0 Å². The molecule has 1 saturated heterocycles. The second-order valence-electron chi connectivity index (χ2n) is 5.73. The number of hydrogen-bond acceptors (Lipinski definition) is 4. The molecule has 1 atom stereocenters. The molecule has 0 aliphatic carbocycles. The van der Waals surface area contributed by atoms with Crippen LogP contribution in [-0.2, 0) is 0 Å². The third kappa shape index (κ3) is 3.05. The molecule has 0 radical (unpaired) electrons. The maximum atomic E-state index is 12.8. The van der Waals surface area contributed by atoms with Gasteiger partial charge in [-0.05, 0) is 38.9 Å². The van der Waals surface area contributed by atoms with Crippen molar-refractivity contribution in [1.29, 1.82) is 0 Å². The van der Waals surface area contributed by atoms with Crippen molar-refractivity contribution < 1.29 is 4.79 Å². The van der Waals surface area contributed by atoms with E-state index < -0.39 is 0 Å². The van der Waals surface area contributed by atoms with Gasteiger partial charge in [0.2, 0.25) is 0 Å². The number of nitrogens with zero attached hydrogens (tertiary/aromatic N) is 2. The van der Waals surface area contributed by atoms with E-state index in [9.17, 15) is 4.79 Å². The topological polar surface area (TPSA) is 45.2 Å². The summed E-state index contributed by atoms with van der Waals surface area (Å²) in [5, 5.41) is 6.19. The lowest BCUT2D eigenvalue weighted by atomic mass is 10.1. The fourth-order valence-corrected chi connectivity index (χ4v) is 3.78. The molecule has 1 fully saturated rings. The van der Waals surface area contributed by atoms with E-state index in [2.05, 4.69) is 10.3 Å². The second kappa shape index (κ2) is 6.58. The molecule has 4 nitrogen and oxygen atoms in total. The van der Waals surface area contributed by atoms with E-state index in [-0.39, 0.29) is 5.91 Å². The summed E-state index contributed by atoms with van der Waals surface area (Å²) in [5.74, 6) is 0.132. The number of carbonyl (C=O) groups is 1. The molecule has 1 aromatic carbocycles. The Balaban J connectivity index is 1.84. The van der Waals surface area contributed by atoms with Crippen LogP contribution in [0.4, 0.5) is 0 Å². The Morgan fingerprint density at radius 3 is 3.09 bits per heavy atom. The number of thiazole rings is 1. The normalized spacial score (nSPS) is 17.9. The van der Waals surface area contributed by atoms with Crippen LogP contribution in [0.3, 0.4) is 0 Å². The van der Waals surface area contributed by atoms with Crippen LogP contribution in [0.1, 0.15) is 28.9 Å². The summed E-state index contributed by atoms with van der Waals surface area (Å²) in [5.41, 5.74) is 2.80. The Morgan fingerprint density at radius 2 is 2.36 bits per heavy atom. The Labute approximate surface area is 135 Å². The number of amides is 1. The van der Waals surface area contributed by atoms with Gasteiger partial charge in [-0.2, -0.15) is 0 Å². The van der Waals surface area contributed by atoms with Gasteiger partial charge in [-0.15, -0.1) is 11.3 Å². The molecule has 0 saturated carbocycles. The number of aromatic nitrogens is 1. The average Bonchev–Trinajstić information content (AvgIpc) is 3.16. The SMILES string of the molecule is CNCC1CCCN1C(=O)c1cccc(-c2nc(C)cs2)c1. The Hall–Kier alpha value is -1.72. The fraction of sp³-hybridized carbons (Fsp3) is 0.412. The molecule has 1 unspecified atom stereocenters. The van der Waals surface area contributed by atoms with Crippen LogP contribution in [0.25, 0.3) is 10.6 Å². The third-order valence-electron chi connectivity index (χ3n) is 4.05. The Morgan fingerprint density at radius 1 is 1.50 bits per heavy atom. The van der Waals surface area contributed by atoms with Gasteiger partial charge in [-0.3, -0.25) is 4.79 Å². The number of likely N-dealkylation sites (tertiary alicyclic amines) is 1. The van der Waals surface area contributed by atoms with E-state index in [4.69, 9.17) is 0 Å². The summed E-state index contributed by atoms with van der Waals surface area (Å²) >= 11 is 1.62. The lowest BCUT2D eigenvalue weighted by molar-refractivity contribution is 0.0737. The zero-order valence-electron chi connectivity index (χ0n) is 13.0. The first-order valence-electron chi connectivity index (χ1n) is 7.67. The maximum absolute atomic E-state index is 12.8. The van der Waals surface area contributed by atoms with E-state index in [1.165, 1.54) is 0 Å². The molecule has 1 aromatic heterocycles. The molecule has 5 heteroatoms. The van der Waals surface area contributed by atoms with Gasteiger partial charge < -0.3 is 10.2 Å². The van der Waals surface area contributed by atoms with Crippen LogP contribution in [-0.4, -0.2) is 42.0 Å². The van der Waals surface area contributed by atoms with E-state index in [0.717, 1.165) is 47.8 Å². The molecule has 116 valence electrons. The standard InChI is InChI=1S/C17H21N3OS/c1-12-11-22-16(19-12)13-5-3-6-14(9-13)17(21)20-8-4-7-15(20)10-18-2/h3,5-6,9,11,15,18H,4,7-8,10H2,1-2H3. The minimum absolute atomic E-state index is 0.132. The smallest absolute Gasteiger partial charge is 0.254 e. The quantitative estimate of drug-likeness (QED) is 0.943. The van der Waals surface area contributed by atoms with Gasteiger partial charge >= 0.3 is 0 Å². The second-order valence-corrected chi connectivity index (χ2v) is 6.59. The Kier molecular flexibility index (Phi) is 4.55. The van der Waals surface area contributed by atoms with Crippen molar-refractivity contribution in [1.82, 2.24) is 15.2 Å². The van der Waals surface area contributed by atoms with E-state index in [0.29, 0.717) is 6.04 Å². The number of rotatable bonds is 4. The molecular weight excluding hydrogens is 294 g/mol. The zero-order chi connectivity index (χ0) is 15.5. The highest BCUT2D eigenvalue weighted by Gasteiger charge is 2.28. The highest BCUT2D eigenvalue weighted by Crippen LogP contribution is 2.26. The minimum Gasteiger partial charge on any atom is -0.334 e. The van der Waals surface area contributed by atoms with E-state index >= 15 is 0 Å². The molecule has 1 aliphatic rings. The molecule has 3 rings (SSSR count). The van der Waals surface area contributed by atoms with Gasteiger partial charge in [-0.1, -0.05) is 12.1 Å². The molecule has 1 amide bonds. The van der Waals surface area contributed by atoms with Gasteiger partial charge in [0.25, 0.3) is 5.91 Å². The van der Waals surface area contributed by atoms with Gasteiger partial charge in [-0.25, -0.2) is 4.98 Å². The van der Waals surface area contributed by atoms with Crippen LogP contribution in [0.5, 0.6) is 0 Å². The first-order chi connectivity index (χ1) is 10.7. The molecule has 0 bridgehead atoms. The summed E-state index contributed by atoms with van der Waals surface area (Å²) in [4.78, 5) is 19.3. The number of hydrogen-bond donors (Lipinski definition) is 1. The molecule has 2 aromatic rings. The first-order valence-corrected chi connectivity index (χ1v) is 8.55. The van der Waals surface area contributed by atoms with Crippen LogP contribution in [0.15, 0.2) is 29.6 Å². The summed E-state index contributed by atoms with van der Waals surface area (Å²) in [6.45, 7) is 3.70. The van der Waals surface area contributed by atoms with Crippen LogP contribution >= 0.6 is 11.3 Å². The summed E-state index contributed by atoms with van der Waals surface area (Å²) in [6, 6.07) is 8.14. The lowest BCUT2D eigenvalue weighted by Gasteiger charge is -2.24. The molecule has 1 aliphatic heterocycles. The summed E-state index contributed by atoms with van der Waals surface area (Å²) in [7, 11) is 1.94. The largest absolute Gasteiger partial charge is 0.334 e. The molecular formula is C17H21N3OS.